The minimum atomic E-state index is -0.161. The van der Waals surface area contributed by atoms with Crippen molar-refractivity contribution in [1.82, 2.24) is 20.9 Å². The average molecular weight is 581 g/mol. The summed E-state index contributed by atoms with van der Waals surface area (Å²) in [4.78, 5) is 4.51. The normalized spacial score (nSPS) is 19.1. The first kappa shape index (κ1) is 25.0. The van der Waals surface area contributed by atoms with Gasteiger partial charge in [-0.2, -0.15) is 0 Å². The smallest absolute Gasteiger partial charge is 0.227 e. The fraction of sp³-hybridized carbons (Fsp3) is 0.0750. The molecule has 0 amide bonds. The second kappa shape index (κ2) is 9.58. The van der Waals surface area contributed by atoms with Crippen LogP contribution >= 0.6 is 0 Å². The first-order valence-corrected chi connectivity index (χ1v) is 15.5. The van der Waals surface area contributed by atoms with Gasteiger partial charge in [0, 0.05) is 17.0 Å². The Labute approximate surface area is 259 Å². The van der Waals surface area contributed by atoms with Gasteiger partial charge in [-0.05, 0) is 90.8 Å². The van der Waals surface area contributed by atoms with Crippen LogP contribution in [0.3, 0.4) is 0 Å². The van der Waals surface area contributed by atoms with Gasteiger partial charge in [0.1, 0.15) is 5.58 Å². The second-order valence-corrected chi connectivity index (χ2v) is 12.1. The van der Waals surface area contributed by atoms with Gasteiger partial charge < -0.3 is 4.42 Å². The Hall–Kier alpha value is -5.33. The third-order valence-corrected chi connectivity index (χ3v) is 9.59. The van der Waals surface area contributed by atoms with Crippen LogP contribution in [0.1, 0.15) is 35.2 Å². The maximum atomic E-state index is 6.18. The molecule has 3 heterocycles. The molecule has 0 saturated carbocycles. The molecule has 10 rings (SSSR count). The van der Waals surface area contributed by atoms with Crippen LogP contribution in [0, 0.1) is 0 Å². The summed E-state index contributed by atoms with van der Waals surface area (Å²) in [5, 5.41) is 18.9. The van der Waals surface area contributed by atoms with Crippen molar-refractivity contribution in [1.29, 1.82) is 0 Å². The van der Waals surface area contributed by atoms with Gasteiger partial charge in [0.25, 0.3) is 0 Å². The number of aromatic nitrogens is 1. The van der Waals surface area contributed by atoms with Crippen LogP contribution in [0.25, 0.3) is 65.9 Å². The number of nitrogens with zero attached hydrogens (tertiary/aromatic N) is 1. The zero-order valence-electron chi connectivity index (χ0n) is 24.3. The summed E-state index contributed by atoms with van der Waals surface area (Å²) in [5.41, 5.74) is 10.2. The standard InChI is InChI=1S/C40H28N4O/c1-2-8-25-21-26(17-16-23(25)7-1)37-42-38(27-18-19-28-29-11-3-9-24-10-4-12-30(35(24)29)33(28)22-27)44-39(43-37)31-13-5-15-34-36(31)32-14-6-20-41-40(32)45-34/h1-22,37-39,42-44H. The van der Waals surface area contributed by atoms with Crippen LogP contribution in [0.4, 0.5) is 0 Å². The molecule has 1 aliphatic heterocycles. The van der Waals surface area contributed by atoms with E-state index in [0.717, 1.165) is 21.9 Å². The van der Waals surface area contributed by atoms with E-state index in [1.807, 2.05) is 12.1 Å². The van der Waals surface area contributed by atoms with Crippen LogP contribution in [0.5, 0.6) is 0 Å². The molecule has 5 nitrogen and oxygen atoms in total. The van der Waals surface area contributed by atoms with Crippen LogP contribution in [-0.4, -0.2) is 4.98 Å². The van der Waals surface area contributed by atoms with Gasteiger partial charge in [0.05, 0.1) is 18.5 Å². The number of rotatable bonds is 3. The van der Waals surface area contributed by atoms with Gasteiger partial charge in [-0.3, -0.25) is 16.0 Å². The molecule has 3 unspecified atom stereocenters. The fourth-order valence-electron chi connectivity index (χ4n) is 7.51. The number of hydrogen-bond acceptors (Lipinski definition) is 5. The van der Waals surface area contributed by atoms with E-state index in [1.165, 1.54) is 54.9 Å². The summed E-state index contributed by atoms with van der Waals surface area (Å²) < 4.78 is 6.18. The number of furan rings is 1. The van der Waals surface area contributed by atoms with E-state index in [0.29, 0.717) is 5.71 Å². The topological polar surface area (TPSA) is 62.1 Å². The molecule has 3 atom stereocenters. The van der Waals surface area contributed by atoms with Crippen LogP contribution in [-0.2, 0) is 0 Å². The second-order valence-electron chi connectivity index (χ2n) is 12.1. The first-order valence-electron chi connectivity index (χ1n) is 15.5. The summed E-state index contributed by atoms with van der Waals surface area (Å²) in [6, 6.07) is 45.8. The van der Waals surface area contributed by atoms with Crippen molar-refractivity contribution in [2.24, 2.45) is 0 Å². The first-order chi connectivity index (χ1) is 22.3. The van der Waals surface area contributed by atoms with E-state index in [9.17, 15) is 0 Å². The van der Waals surface area contributed by atoms with Crippen molar-refractivity contribution in [3.8, 4) is 22.3 Å². The maximum absolute atomic E-state index is 6.18. The molecule has 6 aromatic carbocycles. The lowest BCUT2D eigenvalue weighted by molar-refractivity contribution is 0.204. The SMILES string of the molecule is c1ccc2cc(C3NC(c4ccc5c(c4)-c4cccc6cccc-5c46)NC(c4cccc5oc6ncccc6c45)N3)ccc2c1. The molecule has 3 N–H and O–H groups in total. The van der Waals surface area contributed by atoms with E-state index in [2.05, 4.69) is 136 Å². The quantitative estimate of drug-likeness (QED) is 0.195. The summed E-state index contributed by atoms with van der Waals surface area (Å²) in [6.07, 6.45) is 1.40. The number of pyridine rings is 1. The van der Waals surface area contributed by atoms with Gasteiger partial charge >= 0.3 is 0 Å². The molecule has 5 heteroatoms. The highest BCUT2D eigenvalue weighted by Crippen LogP contribution is 2.48. The Balaban J connectivity index is 1.12. The van der Waals surface area contributed by atoms with Gasteiger partial charge in [0.15, 0.2) is 0 Å². The predicted molar refractivity (Wildman–Crippen MR) is 181 cm³/mol. The Bertz CT molecular complexity index is 2460. The monoisotopic (exact) mass is 580 g/mol. The van der Waals surface area contributed by atoms with Crippen LogP contribution < -0.4 is 16.0 Å². The van der Waals surface area contributed by atoms with E-state index < -0.39 is 0 Å². The number of fused-ring (bicyclic) bond motifs is 7. The molecule has 2 aliphatic rings. The molecule has 0 bridgehead atoms. The average Bonchev–Trinajstić information content (AvgIpc) is 3.65. The molecule has 1 aliphatic carbocycles. The molecule has 1 fully saturated rings. The maximum Gasteiger partial charge on any atom is 0.227 e. The molecule has 214 valence electrons. The highest BCUT2D eigenvalue weighted by molar-refractivity contribution is 6.15. The molecule has 1 saturated heterocycles. The van der Waals surface area contributed by atoms with Crippen molar-refractivity contribution in [2.75, 3.05) is 0 Å². The Morgan fingerprint density at radius 3 is 2.07 bits per heavy atom. The summed E-state index contributed by atoms with van der Waals surface area (Å²) >= 11 is 0. The van der Waals surface area contributed by atoms with E-state index in [1.54, 1.807) is 6.20 Å². The summed E-state index contributed by atoms with van der Waals surface area (Å²) in [6.45, 7) is 0. The zero-order valence-corrected chi connectivity index (χ0v) is 24.3. The molecule has 0 radical (unpaired) electrons. The Kier molecular flexibility index (Phi) is 5.33. The molecule has 8 aromatic rings. The molecule has 2 aromatic heterocycles. The summed E-state index contributed by atoms with van der Waals surface area (Å²) in [7, 11) is 0. The van der Waals surface area contributed by atoms with Gasteiger partial charge in [-0.1, -0.05) is 97.1 Å². The van der Waals surface area contributed by atoms with Crippen LogP contribution in [0.15, 0.2) is 138 Å². The minimum Gasteiger partial charge on any atom is -0.438 e. The zero-order chi connectivity index (χ0) is 29.5. The van der Waals surface area contributed by atoms with Gasteiger partial charge in [-0.15, -0.1) is 0 Å². The summed E-state index contributed by atoms with van der Waals surface area (Å²) in [5.74, 6) is 0. The number of nitrogens with one attached hydrogen (secondary N) is 3. The van der Waals surface area contributed by atoms with Crippen molar-refractivity contribution in [3.05, 3.63) is 150 Å². The van der Waals surface area contributed by atoms with Crippen molar-refractivity contribution in [3.63, 3.8) is 0 Å². The van der Waals surface area contributed by atoms with Crippen LogP contribution in [0.2, 0.25) is 0 Å². The van der Waals surface area contributed by atoms with Crippen molar-refractivity contribution in [2.45, 2.75) is 18.5 Å². The Morgan fingerprint density at radius 1 is 0.489 bits per heavy atom. The van der Waals surface area contributed by atoms with E-state index in [-0.39, 0.29) is 18.5 Å². The van der Waals surface area contributed by atoms with E-state index >= 15 is 0 Å². The van der Waals surface area contributed by atoms with E-state index in [4.69, 9.17) is 4.42 Å². The number of hydrogen-bond donors (Lipinski definition) is 3. The van der Waals surface area contributed by atoms with Gasteiger partial charge in [0.2, 0.25) is 5.71 Å². The number of benzene rings is 6. The molecular formula is C40H28N4O. The van der Waals surface area contributed by atoms with Gasteiger partial charge in [-0.25, -0.2) is 4.98 Å². The largest absolute Gasteiger partial charge is 0.438 e. The highest BCUT2D eigenvalue weighted by atomic mass is 16.3. The lowest BCUT2D eigenvalue weighted by atomic mass is 9.97. The van der Waals surface area contributed by atoms with Crippen molar-refractivity contribution >= 4 is 43.6 Å². The molecular weight excluding hydrogens is 552 g/mol. The lowest BCUT2D eigenvalue weighted by Crippen LogP contribution is -2.54. The fourth-order valence-corrected chi connectivity index (χ4v) is 7.51. The highest BCUT2D eigenvalue weighted by Gasteiger charge is 2.32. The molecule has 0 spiro atoms. The minimum absolute atomic E-state index is 0.105. The lowest BCUT2D eigenvalue weighted by Gasteiger charge is -2.40. The third kappa shape index (κ3) is 3.82. The molecule has 45 heavy (non-hydrogen) atoms. The Morgan fingerprint density at radius 2 is 1.20 bits per heavy atom. The predicted octanol–water partition coefficient (Wildman–Crippen LogP) is 9.11. The van der Waals surface area contributed by atoms with Crippen molar-refractivity contribution < 1.29 is 4.42 Å². The third-order valence-electron chi connectivity index (χ3n) is 9.59.